The van der Waals surface area contributed by atoms with Crippen LogP contribution in [0.15, 0.2) is 36.4 Å². The van der Waals surface area contributed by atoms with Crippen molar-refractivity contribution in [3.63, 3.8) is 0 Å². The summed E-state index contributed by atoms with van der Waals surface area (Å²) in [6.07, 6.45) is 2.37. The second kappa shape index (κ2) is 7.46. The van der Waals surface area contributed by atoms with E-state index in [1.54, 1.807) is 12.1 Å². The van der Waals surface area contributed by atoms with Gasteiger partial charge in [-0.1, -0.05) is 0 Å². The highest BCUT2D eigenvalue weighted by Gasteiger charge is 2.14. The molecule has 1 saturated heterocycles. The van der Waals surface area contributed by atoms with Crippen molar-refractivity contribution in [1.29, 1.82) is 0 Å². The molecule has 2 N–H and O–H groups in total. The van der Waals surface area contributed by atoms with E-state index >= 15 is 0 Å². The molecule has 2 aromatic carbocycles. The van der Waals surface area contributed by atoms with Crippen LogP contribution < -0.4 is 15.5 Å². The number of hydrogen-bond acceptors (Lipinski definition) is 3. The van der Waals surface area contributed by atoms with Crippen molar-refractivity contribution in [2.45, 2.75) is 12.8 Å². The Labute approximate surface area is 143 Å². The molecule has 0 spiro atoms. The lowest BCUT2D eigenvalue weighted by Crippen LogP contribution is -2.22. The van der Waals surface area contributed by atoms with Crippen LogP contribution in [-0.2, 0) is 4.79 Å². The third-order valence-corrected chi connectivity index (χ3v) is 4.10. The highest BCUT2D eigenvalue weighted by molar-refractivity contribution is 5.93. The SMILES string of the molecule is O=C(CNc1ccc(F)c(F)c1F)Nc1ccc(N2CCCC2)cc1. The smallest absolute Gasteiger partial charge is 0.243 e. The molecule has 132 valence electrons. The summed E-state index contributed by atoms with van der Waals surface area (Å²) in [6.45, 7) is 1.81. The Morgan fingerprint density at radius 3 is 2.32 bits per heavy atom. The molecule has 0 aromatic heterocycles. The van der Waals surface area contributed by atoms with E-state index in [4.69, 9.17) is 0 Å². The maximum Gasteiger partial charge on any atom is 0.243 e. The molecule has 1 aliphatic heterocycles. The molecule has 0 aliphatic carbocycles. The lowest BCUT2D eigenvalue weighted by Gasteiger charge is -2.17. The van der Waals surface area contributed by atoms with E-state index in [1.165, 1.54) is 12.8 Å². The van der Waals surface area contributed by atoms with Crippen LogP contribution in [0.1, 0.15) is 12.8 Å². The normalized spacial score (nSPS) is 13.8. The average Bonchev–Trinajstić information content (AvgIpc) is 3.14. The Morgan fingerprint density at radius 2 is 1.64 bits per heavy atom. The lowest BCUT2D eigenvalue weighted by molar-refractivity contribution is -0.114. The van der Waals surface area contributed by atoms with Crippen molar-refractivity contribution in [3.8, 4) is 0 Å². The van der Waals surface area contributed by atoms with Crippen LogP contribution in [-0.4, -0.2) is 25.5 Å². The Kier molecular flexibility index (Phi) is 5.11. The number of nitrogens with one attached hydrogen (secondary N) is 2. The molecule has 25 heavy (non-hydrogen) atoms. The van der Waals surface area contributed by atoms with Gasteiger partial charge in [0.2, 0.25) is 5.91 Å². The fraction of sp³-hybridized carbons (Fsp3) is 0.278. The molecule has 7 heteroatoms. The van der Waals surface area contributed by atoms with Crippen LogP contribution in [0.4, 0.5) is 30.2 Å². The first kappa shape index (κ1) is 17.1. The molecule has 1 aliphatic rings. The molecule has 3 rings (SSSR count). The number of amides is 1. The third kappa shape index (κ3) is 4.04. The lowest BCUT2D eigenvalue weighted by atomic mass is 10.2. The summed E-state index contributed by atoms with van der Waals surface area (Å²) < 4.78 is 39.5. The van der Waals surface area contributed by atoms with Gasteiger partial charge in [-0.25, -0.2) is 13.2 Å². The van der Waals surface area contributed by atoms with Gasteiger partial charge in [0.15, 0.2) is 17.5 Å². The largest absolute Gasteiger partial charge is 0.374 e. The summed E-state index contributed by atoms with van der Waals surface area (Å²) in [4.78, 5) is 14.2. The third-order valence-electron chi connectivity index (χ3n) is 4.10. The summed E-state index contributed by atoms with van der Waals surface area (Å²) in [7, 11) is 0. The average molecular weight is 349 g/mol. The van der Waals surface area contributed by atoms with Crippen molar-refractivity contribution in [2.24, 2.45) is 0 Å². The summed E-state index contributed by atoms with van der Waals surface area (Å²) in [5, 5.41) is 5.12. The van der Waals surface area contributed by atoms with E-state index in [9.17, 15) is 18.0 Å². The van der Waals surface area contributed by atoms with Gasteiger partial charge in [0.25, 0.3) is 0 Å². The first-order valence-corrected chi connectivity index (χ1v) is 8.07. The van der Waals surface area contributed by atoms with Crippen LogP contribution in [0.5, 0.6) is 0 Å². The number of carbonyl (C=O) groups excluding carboxylic acids is 1. The molecule has 4 nitrogen and oxygen atoms in total. The minimum absolute atomic E-state index is 0.265. The number of benzene rings is 2. The predicted molar refractivity (Wildman–Crippen MR) is 91.3 cm³/mol. The summed E-state index contributed by atoms with van der Waals surface area (Å²) in [5.41, 5.74) is 1.46. The zero-order valence-electron chi connectivity index (χ0n) is 13.5. The van der Waals surface area contributed by atoms with Crippen molar-refractivity contribution in [1.82, 2.24) is 0 Å². The second-order valence-electron chi connectivity index (χ2n) is 5.87. The molecule has 0 atom stereocenters. The molecule has 1 heterocycles. The van der Waals surface area contributed by atoms with Gasteiger partial charge in [0, 0.05) is 24.5 Å². The molecule has 0 saturated carbocycles. The summed E-state index contributed by atoms with van der Waals surface area (Å²) >= 11 is 0. The minimum Gasteiger partial charge on any atom is -0.374 e. The quantitative estimate of drug-likeness (QED) is 0.808. The number of hydrogen-bond donors (Lipinski definition) is 2. The molecule has 0 radical (unpaired) electrons. The minimum atomic E-state index is -1.57. The van der Waals surface area contributed by atoms with Crippen molar-refractivity contribution < 1.29 is 18.0 Å². The van der Waals surface area contributed by atoms with E-state index < -0.39 is 23.4 Å². The van der Waals surface area contributed by atoms with Crippen LogP contribution >= 0.6 is 0 Å². The molecular formula is C18H18F3N3O. The molecule has 1 fully saturated rings. The number of carbonyl (C=O) groups is 1. The molecular weight excluding hydrogens is 331 g/mol. The van der Waals surface area contributed by atoms with Crippen LogP contribution in [0.25, 0.3) is 0 Å². The van der Waals surface area contributed by atoms with Crippen LogP contribution in [0.3, 0.4) is 0 Å². The van der Waals surface area contributed by atoms with Gasteiger partial charge >= 0.3 is 0 Å². The number of rotatable bonds is 5. The van der Waals surface area contributed by atoms with Crippen molar-refractivity contribution in [2.75, 3.05) is 35.2 Å². The topological polar surface area (TPSA) is 44.4 Å². The zero-order chi connectivity index (χ0) is 17.8. The Morgan fingerprint density at radius 1 is 0.960 bits per heavy atom. The fourth-order valence-electron chi connectivity index (χ4n) is 2.77. The highest BCUT2D eigenvalue weighted by Crippen LogP contribution is 2.22. The summed E-state index contributed by atoms with van der Waals surface area (Å²) in [5.74, 6) is -4.60. The van der Waals surface area contributed by atoms with Crippen molar-refractivity contribution >= 4 is 23.0 Å². The summed E-state index contributed by atoms with van der Waals surface area (Å²) in [6, 6.07) is 9.31. The Bertz CT molecular complexity index is 759. The standard InChI is InChI=1S/C18H18F3N3O/c19-14-7-8-15(18(21)17(14)20)22-11-16(25)23-12-3-5-13(6-4-12)24-9-1-2-10-24/h3-8,22H,1-2,9-11H2,(H,23,25). The van der Waals surface area contributed by atoms with Crippen LogP contribution in [0, 0.1) is 17.5 Å². The molecule has 1 amide bonds. The number of halogens is 3. The number of nitrogens with zero attached hydrogens (tertiary/aromatic N) is 1. The van der Waals surface area contributed by atoms with Crippen molar-refractivity contribution in [3.05, 3.63) is 53.8 Å². The Hall–Kier alpha value is -2.70. The molecule has 2 aromatic rings. The zero-order valence-corrected chi connectivity index (χ0v) is 13.5. The predicted octanol–water partition coefficient (Wildman–Crippen LogP) is 3.75. The van der Waals surface area contributed by atoms with Gasteiger partial charge < -0.3 is 15.5 Å². The van der Waals surface area contributed by atoms with E-state index in [1.807, 2.05) is 12.1 Å². The molecule has 0 bridgehead atoms. The van der Waals surface area contributed by atoms with Gasteiger partial charge in [-0.15, -0.1) is 0 Å². The molecule has 0 unspecified atom stereocenters. The van der Waals surface area contributed by atoms with E-state index in [-0.39, 0.29) is 12.2 Å². The van der Waals surface area contributed by atoms with Gasteiger partial charge in [-0.2, -0.15) is 0 Å². The maximum atomic E-state index is 13.5. The maximum absolute atomic E-state index is 13.5. The van der Waals surface area contributed by atoms with Gasteiger partial charge in [-0.05, 0) is 49.2 Å². The van der Waals surface area contributed by atoms with Gasteiger partial charge in [0.1, 0.15) is 0 Å². The first-order chi connectivity index (χ1) is 12.0. The van der Waals surface area contributed by atoms with Gasteiger partial charge in [0.05, 0.1) is 12.2 Å². The fourth-order valence-corrected chi connectivity index (χ4v) is 2.77. The van der Waals surface area contributed by atoms with E-state index in [0.29, 0.717) is 5.69 Å². The number of anilines is 3. The monoisotopic (exact) mass is 349 g/mol. The first-order valence-electron chi connectivity index (χ1n) is 8.07. The van der Waals surface area contributed by atoms with E-state index in [2.05, 4.69) is 15.5 Å². The van der Waals surface area contributed by atoms with E-state index in [0.717, 1.165) is 30.9 Å². The Balaban J connectivity index is 1.55. The van der Waals surface area contributed by atoms with Crippen LogP contribution in [0.2, 0.25) is 0 Å². The highest BCUT2D eigenvalue weighted by atomic mass is 19.2. The van der Waals surface area contributed by atoms with Gasteiger partial charge in [-0.3, -0.25) is 4.79 Å². The second-order valence-corrected chi connectivity index (χ2v) is 5.87.